The number of hydrogen-bond donors (Lipinski definition) is 3. The quantitative estimate of drug-likeness (QED) is 0.765. The lowest BCUT2D eigenvalue weighted by atomic mass is 9.94. The highest BCUT2D eigenvalue weighted by Gasteiger charge is 2.27. The number of thiophene rings is 1. The zero-order valence-corrected chi connectivity index (χ0v) is 11.6. The van der Waals surface area contributed by atoms with Crippen LogP contribution in [0.25, 0.3) is 0 Å². The molecule has 0 radical (unpaired) electrons. The number of carboxylic acid groups (broad SMARTS) is 1. The van der Waals surface area contributed by atoms with Gasteiger partial charge in [-0.25, -0.2) is 4.79 Å². The van der Waals surface area contributed by atoms with E-state index >= 15 is 0 Å². The number of rotatable bonds is 5. The van der Waals surface area contributed by atoms with E-state index in [0.717, 1.165) is 10.4 Å². The largest absolute Gasteiger partial charge is 0.481 e. The minimum absolute atomic E-state index is 0.0948. The first-order valence-corrected chi connectivity index (χ1v) is 6.49. The fraction of sp³-hybridized carbons (Fsp3) is 0.500. The SMILES string of the molecule is Cc1ccsc1CNC(=O)NCC(C)(C)C(=O)O. The number of carbonyl (C=O) groups is 2. The zero-order valence-electron chi connectivity index (χ0n) is 10.7. The summed E-state index contributed by atoms with van der Waals surface area (Å²) >= 11 is 1.58. The van der Waals surface area contributed by atoms with Crippen LogP contribution in [0.15, 0.2) is 11.4 Å². The summed E-state index contributed by atoms with van der Waals surface area (Å²) in [5.74, 6) is -0.933. The summed E-state index contributed by atoms with van der Waals surface area (Å²) in [4.78, 5) is 23.5. The van der Waals surface area contributed by atoms with Crippen LogP contribution in [0.4, 0.5) is 4.79 Å². The van der Waals surface area contributed by atoms with Gasteiger partial charge >= 0.3 is 12.0 Å². The Morgan fingerprint density at radius 2 is 2.06 bits per heavy atom. The molecule has 6 heteroatoms. The second-order valence-electron chi connectivity index (χ2n) is 4.75. The van der Waals surface area contributed by atoms with E-state index in [1.807, 2.05) is 18.4 Å². The van der Waals surface area contributed by atoms with Crippen LogP contribution in [0, 0.1) is 12.3 Å². The number of carboxylic acids is 1. The Hall–Kier alpha value is -1.56. The van der Waals surface area contributed by atoms with Gasteiger partial charge in [-0.05, 0) is 37.8 Å². The first-order valence-electron chi connectivity index (χ1n) is 5.61. The molecule has 0 saturated heterocycles. The van der Waals surface area contributed by atoms with Crippen LogP contribution in [0.2, 0.25) is 0 Å². The van der Waals surface area contributed by atoms with Gasteiger partial charge in [0.25, 0.3) is 0 Å². The van der Waals surface area contributed by atoms with Crippen molar-refractivity contribution in [2.75, 3.05) is 6.54 Å². The van der Waals surface area contributed by atoms with Crippen LogP contribution in [-0.4, -0.2) is 23.7 Å². The lowest BCUT2D eigenvalue weighted by molar-refractivity contribution is -0.146. The van der Waals surface area contributed by atoms with Crippen LogP contribution >= 0.6 is 11.3 Å². The minimum atomic E-state index is -0.962. The highest BCUT2D eigenvalue weighted by molar-refractivity contribution is 7.10. The van der Waals surface area contributed by atoms with Crippen LogP contribution in [0.5, 0.6) is 0 Å². The van der Waals surface area contributed by atoms with Gasteiger partial charge in [-0.3, -0.25) is 4.79 Å². The van der Waals surface area contributed by atoms with E-state index in [0.29, 0.717) is 6.54 Å². The molecule has 18 heavy (non-hydrogen) atoms. The van der Waals surface area contributed by atoms with Crippen molar-refractivity contribution in [1.82, 2.24) is 10.6 Å². The van der Waals surface area contributed by atoms with Crippen LogP contribution in [0.1, 0.15) is 24.3 Å². The molecule has 0 aromatic carbocycles. The van der Waals surface area contributed by atoms with Gasteiger partial charge in [0.2, 0.25) is 0 Å². The summed E-state index contributed by atoms with van der Waals surface area (Å²) in [5, 5.41) is 16.1. The maximum absolute atomic E-state index is 11.5. The highest BCUT2D eigenvalue weighted by atomic mass is 32.1. The topological polar surface area (TPSA) is 78.4 Å². The number of nitrogens with one attached hydrogen (secondary N) is 2. The number of amides is 2. The zero-order chi connectivity index (χ0) is 13.8. The Kier molecular flexibility index (Phi) is 4.72. The van der Waals surface area contributed by atoms with Gasteiger partial charge in [0.05, 0.1) is 12.0 Å². The van der Waals surface area contributed by atoms with Crippen molar-refractivity contribution in [3.8, 4) is 0 Å². The average molecular weight is 270 g/mol. The molecule has 1 rings (SSSR count). The maximum atomic E-state index is 11.5. The number of aryl methyl sites for hydroxylation is 1. The number of carbonyl (C=O) groups excluding carboxylic acids is 1. The average Bonchev–Trinajstić information content (AvgIpc) is 2.69. The van der Waals surface area contributed by atoms with Crippen LogP contribution in [-0.2, 0) is 11.3 Å². The molecule has 5 nitrogen and oxygen atoms in total. The number of aliphatic carboxylic acids is 1. The smallest absolute Gasteiger partial charge is 0.315 e. The predicted octanol–water partition coefficient (Wildman–Crippen LogP) is 1.97. The highest BCUT2D eigenvalue weighted by Crippen LogP contribution is 2.15. The molecule has 0 unspecified atom stereocenters. The van der Waals surface area contributed by atoms with Crippen molar-refractivity contribution in [2.24, 2.45) is 5.41 Å². The molecule has 0 bridgehead atoms. The summed E-state index contributed by atoms with van der Waals surface area (Å²) in [6.07, 6.45) is 0. The Labute approximate surface area is 110 Å². The first kappa shape index (κ1) is 14.5. The molecule has 0 atom stereocenters. The molecule has 1 aromatic rings. The summed E-state index contributed by atoms with van der Waals surface area (Å²) < 4.78 is 0. The van der Waals surface area contributed by atoms with Gasteiger partial charge < -0.3 is 15.7 Å². The third kappa shape index (κ3) is 4.03. The van der Waals surface area contributed by atoms with Crippen molar-refractivity contribution in [1.29, 1.82) is 0 Å². The Morgan fingerprint density at radius 3 is 2.56 bits per heavy atom. The van der Waals surface area contributed by atoms with Gasteiger partial charge in [0.15, 0.2) is 0 Å². The molecule has 1 heterocycles. The molecular weight excluding hydrogens is 252 g/mol. The molecule has 0 aliphatic carbocycles. The van der Waals surface area contributed by atoms with Crippen molar-refractivity contribution in [3.05, 3.63) is 21.9 Å². The van der Waals surface area contributed by atoms with E-state index in [4.69, 9.17) is 5.11 Å². The summed E-state index contributed by atoms with van der Waals surface area (Å²) in [7, 11) is 0. The molecular formula is C12H18N2O3S. The molecule has 0 spiro atoms. The van der Waals surface area contributed by atoms with Gasteiger partial charge in [-0.2, -0.15) is 0 Å². The third-order valence-corrected chi connectivity index (χ3v) is 3.67. The molecule has 0 saturated carbocycles. The van der Waals surface area contributed by atoms with Crippen LogP contribution in [0.3, 0.4) is 0 Å². The normalized spacial score (nSPS) is 11.1. The molecule has 100 valence electrons. The number of urea groups is 1. The molecule has 3 N–H and O–H groups in total. The summed E-state index contributed by atoms with van der Waals surface area (Å²) in [5.41, 5.74) is 0.182. The summed E-state index contributed by atoms with van der Waals surface area (Å²) in [6.45, 7) is 5.68. The predicted molar refractivity (Wildman–Crippen MR) is 70.7 cm³/mol. The standard InChI is InChI=1S/C12H18N2O3S/c1-8-4-5-18-9(8)6-13-11(17)14-7-12(2,3)10(15)16/h4-5H,6-7H2,1-3H3,(H,15,16)(H2,13,14,17). The monoisotopic (exact) mass is 270 g/mol. The van der Waals surface area contributed by atoms with Gasteiger partial charge in [-0.1, -0.05) is 0 Å². The maximum Gasteiger partial charge on any atom is 0.315 e. The van der Waals surface area contributed by atoms with E-state index in [1.165, 1.54) is 0 Å². The fourth-order valence-corrected chi connectivity index (χ4v) is 2.03. The molecule has 0 fully saturated rings. The van der Waals surface area contributed by atoms with E-state index in [2.05, 4.69) is 10.6 Å². The Morgan fingerprint density at radius 1 is 1.39 bits per heavy atom. The van der Waals surface area contributed by atoms with Gasteiger partial charge in [-0.15, -0.1) is 11.3 Å². The first-order chi connectivity index (χ1) is 8.33. The molecule has 2 amide bonds. The fourth-order valence-electron chi connectivity index (χ4n) is 1.19. The van der Waals surface area contributed by atoms with Crippen molar-refractivity contribution in [2.45, 2.75) is 27.3 Å². The van der Waals surface area contributed by atoms with Crippen molar-refractivity contribution >= 4 is 23.3 Å². The Bertz CT molecular complexity index is 440. The van der Waals surface area contributed by atoms with Gasteiger partial charge in [0, 0.05) is 11.4 Å². The van der Waals surface area contributed by atoms with Crippen molar-refractivity contribution < 1.29 is 14.7 Å². The second kappa shape index (κ2) is 5.86. The summed E-state index contributed by atoms with van der Waals surface area (Å²) in [6, 6.07) is 1.64. The lowest BCUT2D eigenvalue weighted by Crippen LogP contribution is -2.43. The van der Waals surface area contributed by atoms with Crippen molar-refractivity contribution in [3.63, 3.8) is 0 Å². The van der Waals surface area contributed by atoms with E-state index < -0.39 is 11.4 Å². The number of hydrogen-bond acceptors (Lipinski definition) is 3. The minimum Gasteiger partial charge on any atom is -0.481 e. The Balaban J connectivity index is 2.35. The lowest BCUT2D eigenvalue weighted by Gasteiger charge is -2.19. The van der Waals surface area contributed by atoms with E-state index in [1.54, 1.807) is 25.2 Å². The second-order valence-corrected chi connectivity index (χ2v) is 5.75. The molecule has 0 aliphatic heterocycles. The molecule has 1 aromatic heterocycles. The van der Waals surface area contributed by atoms with E-state index in [-0.39, 0.29) is 12.6 Å². The molecule has 0 aliphatic rings. The van der Waals surface area contributed by atoms with Gasteiger partial charge in [0.1, 0.15) is 0 Å². The third-order valence-electron chi connectivity index (χ3n) is 2.65. The van der Waals surface area contributed by atoms with Crippen LogP contribution < -0.4 is 10.6 Å². The van der Waals surface area contributed by atoms with E-state index in [9.17, 15) is 9.59 Å².